The van der Waals surface area contributed by atoms with Crippen molar-refractivity contribution in [3.63, 3.8) is 0 Å². The molecule has 0 radical (unpaired) electrons. The maximum Gasteiger partial charge on any atom is 0.236 e. The highest BCUT2D eigenvalue weighted by atomic mass is 16.5. The van der Waals surface area contributed by atoms with Crippen LogP contribution in [0.4, 0.5) is 0 Å². The topological polar surface area (TPSA) is 54.9 Å². The van der Waals surface area contributed by atoms with E-state index in [1.807, 2.05) is 35.0 Å². The third kappa shape index (κ3) is 4.49. The van der Waals surface area contributed by atoms with Crippen molar-refractivity contribution in [3.8, 4) is 0 Å². The molecule has 1 amide bonds. The highest BCUT2D eigenvalue weighted by molar-refractivity contribution is 5.78. The van der Waals surface area contributed by atoms with E-state index in [0.29, 0.717) is 39.5 Å². The Hall–Kier alpha value is -1.50. The number of carbonyl (C=O) groups excluding carboxylic acids is 1. The van der Waals surface area contributed by atoms with Crippen molar-refractivity contribution < 1.29 is 14.3 Å². The summed E-state index contributed by atoms with van der Waals surface area (Å²) < 4.78 is 10.6. The monoisotopic (exact) mass is 293 g/mol. The molecule has 2 rings (SSSR count). The lowest BCUT2D eigenvalue weighted by molar-refractivity contribution is -0.137. The van der Waals surface area contributed by atoms with Crippen molar-refractivity contribution in [2.75, 3.05) is 53.6 Å². The Morgan fingerprint density at radius 1 is 1.48 bits per heavy atom. The lowest BCUT2D eigenvalue weighted by atomic mass is 10.1. The fourth-order valence-electron chi connectivity index (χ4n) is 2.41. The molecule has 0 aromatic carbocycles. The predicted octanol–water partition coefficient (Wildman–Crippen LogP) is 0.560. The van der Waals surface area contributed by atoms with E-state index in [1.165, 1.54) is 0 Å². The first-order valence-corrected chi connectivity index (χ1v) is 7.18. The predicted molar refractivity (Wildman–Crippen MR) is 78.9 cm³/mol. The van der Waals surface area contributed by atoms with Crippen LogP contribution in [0, 0.1) is 0 Å². The molecule has 1 fully saturated rings. The molecule has 1 aliphatic heterocycles. The maximum absolute atomic E-state index is 12.3. The molecule has 2 heterocycles. The van der Waals surface area contributed by atoms with E-state index in [2.05, 4.69) is 4.98 Å². The lowest BCUT2D eigenvalue weighted by Crippen LogP contribution is -2.46. The fourth-order valence-corrected chi connectivity index (χ4v) is 2.41. The molecule has 116 valence electrons. The summed E-state index contributed by atoms with van der Waals surface area (Å²) in [5.41, 5.74) is 0.914. The van der Waals surface area contributed by atoms with E-state index in [0.717, 1.165) is 5.69 Å². The van der Waals surface area contributed by atoms with Crippen LogP contribution in [-0.4, -0.2) is 74.3 Å². The van der Waals surface area contributed by atoms with Gasteiger partial charge in [-0.25, -0.2) is 0 Å². The van der Waals surface area contributed by atoms with Gasteiger partial charge in [-0.3, -0.25) is 14.7 Å². The van der Waals surface area contributed by atoms with Gasteiger partial charge in [-0.15, -0.1) is 0 Å². The Bertz CT molecular complexity index is 435. The second-order valence-corrected chi connectivity index (χ2v) is 5.13. The Kier molecular flexibility index (Phi) is 6.10. The van der Waals surface area contributed by atoms with Gasteiger partial charge in [-0.2, -0.15) is 0 Å². The van der Waals surface area contributed by atoms with Crippen molar-refractivity contribution in [2.24, 2.45) is 0 Å². The molecule has 0 aliphatic carbocycles. The number of carbonyl (C=O) groups is 1. The zero-order valence-corrected chi connectivity index (χ0v) is 12.7. The SMILES string of the molecule is COCC(c1ccccn1)N(C)CC(=O)N1CCOCC1. The molecule has 1 saturated heterocycles. The van der Waals surface area contributed by atoms with Crippen LogP contribution in [-0.2, 0) is 14.3 Å². The van der Waals surface area contributed by atoms with Crippen molar-refractivity contribution in [1.82, 2.24) is 14.8 Å². The first-order valence-electron chi connectivity index (χ1n) is 7.18. The number of hydrogen-bond acceptors (Lipinski definition) is 5. The summed E-state index contributed by atoms with van der Waals surface area (Å²) >= 11 is 0. The molecule has 0 saturated carbocycles. The Balaban J connectivity index is 1.98. The average Bonchev–Trinajstić information content (AvgIpc) is 2.54. The van der Waals surface area contributed by atoms with Crippen LogP contribution in [0.1, 0.15) is 11.7 Å². The number of ether oxygens (including phenoxy) is 2. The van der Waals surface area contributed by atoms with E-state index in [4.69, 9.17) is 9.47 Å². The lowest BCUT2D eigenvalue weighted by Gasteiger charge is -2.31. The van der Waals surface area contributed by atoms with Crippen molar-refractivity contribution >= 4 is 5.91 Å². The Morgan fingerprint density at radius 2 is 2.24 bits per heavy atom. The molecule has 1 unspecified atom stereocenters. The van der Waals surface area contributed by atoms with E-state index < -0.39 is 0 Å². The van der Waals surface area contributed by atoms with Crippen LogP contribution in [0.2, 0.25) is 0 Å². The molecular formula is C15H23N3O3. The van der Waals surface area contributed by atoms with Gasteiger partial charge in [0.2, 0.25) is 5.91 Å². The minimum atomic E-state index is -0.0267. The summed E-state index contributed by atoms with van der Waals surface area (Å²) in [6.45, 7) is 3.44. The number of pyridine rings is 1. The molecule has 1 aromatic heterocycles. The maximum atomic E-state index is 12.3. The fraction of sp³-hybridized carbons (Fsp3) is 0.600. The first kappa shape index (κ1) is 15.9. The van der Waals surface area contributed by atoms with E-state index >= 15 is 0 Å². The number of morpholine rings is 1. The molecular weight excluding hydrogens is 270 g/mol. The van der Waals surface area contributed by atoms with Crippen LogP contribution in [0.3, 0.4) is 0 Å². The molecule has 0 spiro atoms. The molecule has 1 aliphatic rings. The minimum absolute atomic E-state index is 0.0267. The van der Waals surface area contributed by atoms with E-state index in [1.54, 1.807) is 13.3 Å². The zero-order chi connectivity index (χ0) is 15.1. The zero-order valence-electron chi connectivity index (χ0n) is 12.7. The summed E-state index contributed by atoms with van der Waals surface area (Å²) in [4.78, 5) is 20.5. The van der Waals surface area contributed by atoms with Gasteiger partial charge in [0, 0.05) is 26.4 Å². The van der Waals surface area contributed by atoms with Gasteiger partial charge in [-0.05, 0) is 19.2 Å². The minimum Gasteiger partial charge on any atom is -0.383 e. The molecule has 1 atom stereocenters. The molecule has 0 N–H and O–H groups in total. The summed E-state index contributed by atoms with van der Waals surface area (Å²) in [5.74, 6) is 0.123. The summed E-state index contributed by atoms with van der Waals surface area (Å²) in [7, 11) is 3.59. The number of nitrogens with zero attached hydrogens (tertiary/aromatic N) is 3. The summed E-state index contributed by atoms with van der Waals surface area (Å²) in [5, 5.41) is 0. The smallest absolute Gasteiger partial charge is 0.236 e. The van der Waals surface area contributed by atoms with Crippen LogP contribution in [0.25, 0.3) is 0 Å². The van der Waals surface area contributed by atoms with Gasteiger partial charge in [-0.1, -0.05) is 6.07 Å². The van der Waals surface area contributed by atoms with Gasteiger partial charge in [0.25, 0.3) is 0 Å². The van der Waals surface area contributed by atoms with Gasteiger partial charge in [0.15, 0.2) is 0 Å². The van der Waals surface area contributed by atoms with Gasteiger partial charge in [0.05, 0.1) is 38.1 Å². The summed E-state index contributed by atoms with van der Waals surface area (Å²) in [6.07, 6.45) is 1.76. The Morgan fingerprint density at radius 3 is 2.86 bits per heavy atom. The highest BCUT2D eigenvalue weighted by Gasteiger charge is 2.23. The molecule has 6 heteroatoms. The third-order valence-electron chi connectivity index (χ3n) is 3.63. The van der Waals surface area contributed by atoms with Crippen molar-refractivity contribution in [1.29, 1.82) is 0 Å². The third-order valence-corrected chi connectivity index (χ3v) is 3.63. The van der Waals surface area contributed by atoms with Crippen LogP contribution < -0.4 is 0 Å². The molecule has 21 heavy (non-hydrogen) atoms. The molecule has 6 nitrogen and oxygen atoms in total. The standard InChI is InChI=1S/C15H23N3O3/c1-17(11-15(19)18-7-9-21-10-8-18)14(12-20-2)13-5-3-4-6-16-13/h3-6,14H,7-12H2,1-2H3. The van der Waals surface area contributed by atoms with Crippen molar-refractivity contribution in [2.45, 2.75) is 6.04 Å². The van der Waals surface area contributed by atoms with Gasteiger partial charge >= 0.3 is 0 Å². The second-order valence-electron chi connectivity index (χ2n) is 5.13. The normalized spacial score (nSPS) is 17.0. The first-order chi connectivity index (χ1) is 10.2. The summed E-state index contributed by atoms with van der Waals surface area (Å²) in [6, 6.07) is 5.76. The largest absolute Gasteiger partial charge is 0.383 e. The van der Waals surface area contributed by atoms with Crippen molar-refractivity contribution in [3.05, 3.63) is 30.1 Å². The van der Waals surface area contributed by atoms with E-state index in [-0.39, 0.29) is 11.9 Å². The Labute approximate surface area is 125 Å². The molecule has 1 aromatic rings. The van der Waals surface area contributed by atoms with Crippen LogP contribution in [0.5, 0.6) is 0 Å². The number of methoxy groups -OCH3 is 1. The number of aromatic nitrogens is 1. The van der Waals surface area contributed by atoms with Crippen LogP contribution >= 0.6 is 0 Å². The number of likely N-dealkylation sites (N-methyl/N-ethyl adjacent to an activating group) is 1. The van der Waals surface area contributed by atoms with E-state index in [9.17, 15) is 4.79 Å². The molecule has 0 bridgehead atoms. The quantitative estimate of drug-likeness (QED) is 0.767. The number of rotatable bonds is 6. The number of amides is 1. The number of hydrogen-bond donors (Lipinski definition) is 0. The second kappa shape index (κ2) is 8.07. The van der Waals surface area contributed by atoms with Gasteiger partial charge in [0.1, 0.15) is 0 Å². The van der Waals surface area contributed by atoms with Gasteiger partial charge < -0.3 is 14.4 Å². The van der Waals surface area contributed by atoms with Crippen LogP contribution in [0.15, 0.2) is 24.4 Å². The average molecular weight is 293 g/mol. The highest BCUT2D eigenvalue weighted by Crippen LogP contribution is 2.17.